The number of aromatic nitrogens is 2. The molecule has 0 bridgehead atoms. The molecule has 0 saturated heterocycles. The molecule has 0 aliphatic heterocycles. The molecule has 2 aromatic rings. The summed E-state index contributed by atoms with van der Waals surface area (Å²) in [6.07, 6.45) is 4.24. The summed E-state index contributed by atoms with van der Waals surface area (Å²) in [4.78, 5) is 8.47. The van der Waals surface area contributed by atoms with Gasteiger partial charge in [-0.2, -0.15) is 0 Å². The molecular formula is C14H15BrClN3O. The summed E-state index contributed by atoms with van der Waals surface area (Å²) in [7, 11) is 1.69. The van der Waals surface area contributed by atoms with E-state index < -0.39 is 0 Å². The van der Waals surface area contributed by atoms with Crippen molar-refractivity contribution in [2.75, 3.05) is 19.0 Å². The van der Waals surface area contributed by atoms with Crippen molar-refractivity contribution >= 4 is 33.5 Å². The van der Waals surface area contributed by atoms with Crippen LogP contribution in [0.15, 0.2) is 41.1 Å². The van der Waals surface area contributed by atoms with Crippen molar-refractivity contribution in [3.8, 4) is 0 Å². The molecule has 0 radical (unpaired) electrons. The zero-order valence-electron chi connectivity index (χ0n) is 11.0. The number of methoxy groups -OCH3 is 1. The van der Waals surface area contributed by atoms with Crippen LogP contribution in [0.4, 0.5) is 5.95 Å². The van der Waals surface area contributed by atoms with Gasteiger partial charge in [0.1, 0.15) is 0 Å². The Morgan fingerprint density at radius 1 is 1.25 bits per heavy atom. The molecule has 0 spiro atoms. The van der Waals surface area contributed by atoms with Gasteiger partial charge in [0.05, 0.1) is 10.5 Å². The van der Waals surface area contributed by atoms with Crippen molar-refractivity contribution in [1.29, 1.82) is 0 Å². The molecule has 4 nitrogen and oxygen atoms in total. The van der Waals surface area contributed by atoms with E-state index in [1.54, 1.807) is 19.5 Å². The fourth-order valence-corrected chi connectivity index (χ4v) is 2.13. The molecule has 2 rings (SSSR count). The Morgan fingerprint density at radius 3 is 2.50 bits per heavy atom. The Labute approximate surface area is 131 Å². The molecule has 20 heavy (non-hydrogen) atoms. The third-order valence-electron chi connectivity index (χ3n) is 2.81. The molecule has 6 heteroatoms. The van der Waals surface area contributed by atoms with E-state index in [9.17, 15) is 0 Å². The number of rotatable bonds is 6. The first-order valence-corrected chi connectivity index (χ1v) is 7.34. The zero-order valence-corrected chi connectivity index (χ0v) is 13.4. The second kappa shape index (κ2) is 7.57. The minimum Gasteiger partial charge on any atom is -0.385 e. The summed E-state index contributed by atoms with van der Waals surface area (Å²) in [5.74, 6) is 0.587. The Kier molecular flexibility index (Phi) is 5.76. The first-order chi connectivity index (χ1) is 9.69. The molecule has 0 amide bonds. The SMILES string of the molecule is COCCC(Nc1ncc(Br)cn1)c1ccc(Cl)cc1. The van der Waals surface area contributed by atoms with Crippen molar-refractivity contribution in [2.45, 2.75) is 12.5 Å². The fourth-order valence-electron chi connectivity index (χ4n) is 1.80. The van der Waals surface area contributed by atoms with Crippen molar-refractivity contribution < 1.29 is 4.74 Å². The number of nitrogens with zero attached hydrogens (tertiary/aromatic N) is 2. The molecule has 0 fully saturated rings. The topological polar surface area (TPSA) is 47.0 Å². The highest BCUT2D eigenvalue weighted by atomic mass is 79.9. The van der Waals surface area contributed by atoms with E-state index in [1.807, 2.05) is 24.3 Å². The Morgan fingerprint density at radius 2 is 1.90 bits per heavy atom. The van der Waals surface area contributed by atoms with Crippen molar-refractivity contribution in [3.05, 3.63) is 51.7 Å². The summed E-state index contributed by atoms with van der Waals surface area (Å²) >= 11 is 9.24. The molecule has 1 aromatic carbocycles. The van der Waals surface area contributed by atoms with Gasteiger partial charge in [-0.05, 0) is 40.0 Å². The predicted octanol–water partition coefficient (Wildman–Crippen LogP) is 4.08. The van der Waals surface area contributed by atoms with Gasteiger partial charge in [-0.25, -0.2) is 9.97 Å². The highest BCUT2D eigenvalue weighted by Crippen LogP contribution is 2.23. The maximum absolute atomic E-state index is 5.92. The third kappa shape index (κ3) is 4.44. The Bertz CT molecular complexity index is 533. The van der Waals surface area contributed by atoms with Crippen LogP contribution >= 0.6 is 27.5 Å². The number of anilines is 1. The van der Waals surface area contributed by atoms with Gasteiger partial charge in [0.25, 0.3) is 0 Å². The number of nitrogens with one attached hydrogen (secondary N) is 1. The van der Waals surface area contributed by atoms with Crippen LogP contribution in [0.3, 0.4) is 0 Å². The lowest BCUT2D eigenvalue weighted by molar-refractivity contribution is 0.190. The number of hydrogen-bond donors (Lipinski definition) is 1. The summed E-state index contributed by atoms with van der Waals surface area (Å²) in [6, 6.07) is 7.82. The maximum Gasteiger partial charge on any atom is 0.223 e. The van der Waals surface area contributed by atoms with Gasteiger partial charge in [0.2, 0.25) is 5.95 Å². The highest BCUT2D eigenvalue weighted by molar-refractivity contribution is 9.10. The van der Waals surface area contributed by atoms with Gasteiger partial charge in [0, 0.05) is 31.1 Å². The van der Waals surface area contributed by atoms with Crippen LogP contribution in [0.25, 0.3) is 0 Å². The van der Waals surface area contributed by atoms with Crippen LogP contribution in [0.2, 0.25) is 5.02 Å². The monoisotopic (exact) mass is 355 g/mol. The summed E-state index contributed by atoms with van der Waals surface area (Å²) in [5, 5.41) is 4.03. The first kappa shape index (κ1) is 15.2. The standard InChI is InChI=1S/C14H15BrClN3O/c1-20-7-6-13(10-2-4-12(16)5-3-10)19-14-17-8-11(15)9-18-14/h2-5,8-9,13H,6-7H2,1H3,(H,17,18,19). The summed E-state index contributed by atoms with van der Waals surface area (Å²) in [6.45, 7) is 0.650. The lowest BCUT2D eigenvalue weighted by atomic mass is 10.0. The molecule has 1 unspecified atom stereocenters. The Balaban J connectivity index is 2.14. The van der Waals surface area contributed by atoms with Gasteiger partial charge in [0.15, 0.2) is 0 Å². The van der Waals surface area contributed by atoms with Gasteiger partial charge < -0.3 is 10.1 Å². The molecule has 1 N–H and O–H groups in total. The molecule has 1 heterocycles. The van der Waals surface area contributed by atoms with Crippen molar-refractivity contribution in [2.24, 2.45) is 0 Å². The molecular weight excluding hydrogens is 342 g/mol. The van der Waals surface area contributed by atoms with E-state index >= 15 is 0 Å². The second-order valence-electron chi connectivity index (χ2n) is 4.25. The van der Waals surface area contributed by atoms with Gasteiger partial charge in [-0.1, -0.05) is 23.7 Å². The maximum atomic E-state index is 5.92. The highest BCUT2D eigenvalue weighted by Gasteiger charge is 2.12. The predicted molar refractivity (Wildman–Crippen MR) is 84.0 cm³/mol. The minimum absolute atomic E-state index is 0.0772. The van der Waals surface area contributed by atoms with Crippen LogP contribution in [0.1, 0.15) is 18.0 Å². The number of hydrogen-bond acceptors (Lipinski definition) is 4. The van der Waals surface area contributed by atoms with E-state index in [0.29, 0.717) is 12.6 Å². The van der Waals surface area contributed by atoms with Crippen LogP contribution in [0, 0.1) is 0 Å². The zero-order chi connectivity index (χ0) is 14.4. The van der Waals surface area contributed by atoms with Crippen LogP contribution in [0.5, 0.6) is 0 Å². The largest absolute Gasteiger partial charge is 0.385 e. The third-order valence-corrected chi connectivity index (χ3v) is 3.47. The van der Waals surface area contributed by atoms with E-state index in [4.69, 9.17) is 16.3 Å². The molecule has 1 aromatic heterocycles. The van der Waals surface area contributed by atoms with Gasteiger partial charge >= 0.3 is 0 Å². The van der Waals surface area contributed by atoms with Crippen molar-refractivity contribution in [1.82, 2.24) is 9.97 Å². The van der Waals surface area contributed by atoms with Gasteiger partial charge in [-0.3, -0.25) is 0 Å². The average molecular weight is 357 g/mol. The summed E-state index contributed by atoms with van der Waals surface area (Å²) in [5.41, 5.74) is 1.12. The van der Waals surface area contributed by atoms with E-state index in [2.05, 4.69) is 31.2 Å². The fraction of sp³-hybridized carbons (Fsp3) is 0.286. The molecule has 0 saturated carbocycles. The molecule has 0 aliphatic rings. The van der Waals surface area contributed by atoms with Crippen LogP contribution < -0.4 is 5.32 Å². The number of benzene rings is 1. The van der Waals surface area contributed by atoms with E-state index in [0.717, 1.165) is 21.5 Å². The smallest absolute Gasteiger partial charge is 0.223 e. The summed E-state index contributed by atoms with van der Waals surface area (Å²) < 4.78 is 6.01. The normalized spacial score (nSPS) is 12.2. The minimum atomic E-state index is 0.0772. The second-order valence-corrected chi connectivity index (χ2v) is 5.61. The average Bonchev–Trinajstić information content (AvgIpc) is 2.46. The number of halogens is 2. The first-order valence-electron chi connectivity index (χ1n) is 6.17. The van der Waals surface area contributed by atoms with E-state index in [-0.39, 0.29) is 6.04 Å². The molecule has 1 atom stereocenters. The van der Waals surface area contributed by atoms with E-state index in [1.165, 1.54) is 0 Å². The van der Waals surface area contributed by atoms with Crippen LogP contribution in [-0.4, -0.2) is 23.7 Å². The van der Waals surface area contributed by atoms with Gasteiger partial charge in [-0.15, -0.1) is 0 Å². The molecule has 0 aliphatic carbocycles. The quantitative estimate of drug-likeness (QED) is 0.847. The van der Waals surface area contributed by atoms with Crippen molar-refractivity contribution in [3.63, 3.8) is 0 Å². The van der Waals surface area contributed by atoms with Crippen LogP contribution in [-0.2, 0) is 4.74 Å². The number of ether oxygens (including phenoxy) is 1. The lowest BCUT2D eigenvalue weighted by Gasteiger charge is -2.19. The lowest BCUT2D eigenvalue weighted by Crippen LogP contribution is -2.14. The molecule has 106 valence electrons. The Hall–Kier alpha value is -1.17.